The highest BCUT2D eigenvalue weighted by molar-refractivity contribution is 5.93. The number of anilines is 2. The Bertz CT molecular complexity index is 1120. The van der Waals surface area contributed by atoms with Crippen molar-refractivity contribution in [2.24, 2.45) is 5.92 Å². The van der Waals surface area contributed by atoms with Crippen LogP contribution < -0.4 is 20.5 Å². The number of rotatable bonds is 5. The van der Waals surface area contributed by atoms with Crippen molar-refractivity contribution in [2.45, 2.75) is 26.3 Å². The highest BCUT2D eigenvalue weighted by Gasteiger charge is 2.22. The van der Waals surface area contributed by atoms with Crippen LogP contribution >= 0.6 is 0 Å². The fraction of sp³-hybridized carbons (Fsp3) is 0.348. The van der Waals surface area contributed by atoms with Crippen molar-refractivity contribution in [1.29, 1.82) is 0 Å². The summed E-state index contributed by atoms with van der Waals surface area (Å²) < 4.78 is 6.46. The molecule has 1 aliphatic rings. The van der Waals surface area contributed by atoms with Crippen molar-refractivity contribution in [1.82, 2.24) is 9.78 Å². The molecule has 1 atom stereocenters. The van der Waals surface area contributed by atoms with E-state index in [1.165, 1.54) is 11.1 Å². The van der Waals surface area contributed by atoms with Crippen LogP contribution in [0.25, 0.3) is 10.8 Å². The normalized spacial score (nSPS) is 16.5. The molecule has 4 rings (SSSR count). The minimum absolute atomic E-state index is 0.155. The summed E-state index contributed by atoms with van der Waals surface area (Å²) in [6.45, 7) is 3.87. The zero-order chi connectivity index (χ0) is 21.1. The summed E-state index contributed by atoms with van der Waals surface area (Å²) in [5.41, 5.74) is 0.346. The molecule has 2 aromatic carbocycles. The molecule has 0 unspecified atom stereocenters. The van der Waals surface area contributed by atoms with Gasteiger partial charge in [-0.1, -0.05) is 31.2 Å². The zero-order valence-electron chi connectivity index (χ0n) is 17.3. The number of ether oxygens (including phenoxy) is 1. The average molecular weight is 406 g/mol. The average Bonchev–Trinajstić information content (AvgIpc) is 2.76. The largest absolute Gasteiger partial charge is 0.497 e. The summed E-state index contributed by atoms with van der Waals surface area (Å²) in [4.78, 5) is 27.9. The molecule has 0 radical (unpaired) electrons. The molecular formula is C23H26N4O3. The molecule has 0 saturated carbocycles. The first kappa shape index (κ1) is 19.9. The van der Waals surface area contributed by atoms with Gasteiger partial charge in [-0.15, -0.1) is 0 Å². The van der Waals surface area contributed by atoms with E-state index in [0.717, 1.165) is 30.7 Å². The molecule has 1 aliphatic heterocycles. The number of nitrogens with one attached hydrogen (secondary N) is 1. The summed E-state index contributed by atoms with van der Waals surface area (Å²) in [6.07, 6.45) is 2.28. The molecule has 0 bridgehead atoms. The summed E-state index contributed by atoms with van der Waals surface area (Å²) in [7, 11) is 1.57. The summed E-state index contributed by atoms with van der Waals surface area (Å²) in [5.74, 6) is 1.67. The number of aromatic nitrogens is 2. The van der Waals surface area contributed by atoms with Gasteiger partial charge in [-0.05, 0) is 37.0 Å². The monoisotopic (exact) mass is 406 g/mol. The van der Waals surface area contributed by atoms with Gasteiger partial charge in [0.1, 0.15) is 12.3 Å². The Hall–Kier alpha value is -3.35. The van der Waals surface area contributed by atoms with Crippen molar-refractivity contribution in [2.75, 3.05) is 30.4 Å². The van der Waals surface area contributed by atoms with E-state index in [1.54, 1.807) is 37.4 Å². The molecular weight excluding hydrogens is 380 g/mol. The second-order valence-electron chi connectivity index (χ2n) is 7.81. The van der Waals surface area contributed by atoms with E-state index in [4.69, 9.17) is 4.74 Å². The second-order valence-corrected chi connectivity index (χ2v) is 7.81. The maximum Gasteiger partial charge on any atom is 0.275 e. The van der Waals surface area contributed by atoms with Crippen molar-refractivity contribution >= 4 is 28.2 Å². The Morgan fingerprint density at radius 3 is 2.77 bits per heavy atom. The minimum atomic E-state index is -0.314. The maximum absolute atomic E-state index is 13.0. The summed E-state index contributed by atoms with van der Waals surface area (Å²) in [6, 6.07) is 14.6. The Morgan fingerprint density at radius 1 is 1.20 bits per heavy atom. The maximum atomic E-state index is 13.0. The van der Waals surface area contributed by atoms with Gasteiger partial charge in [0.05, 0.1) is 12.5 Å². The SMILES string of the molecule is COc1cccc(NC(=O)Cn2nc(N3CCC[C@@H](C)C3)c3ccccc3c2=O)c1. The lowest BCUT2D eigenvalue weighted by molar-refractivity contribution is -0.117. The number of hydrogen-bond acceptors (Lipinski definition) is 5. The fourth-order valence-electron chi connectivity index (χ4n) is 3.98. The number of benzene rings is 2. The third-order valence-corrected chi connectivity index (χ3v) is 5.45. The van der Waals surface area contributed by atoms with Crippen LogP contribution in [0.2, 0.25) is 0 Å². The van der Waals surface area contributed by atoms with Gasteiger partial charge in [0.2, 0.25) is 5.91 Å². The van der Waals surface area contributed by atoms with Crippen molar-refractivity contribution < 1.29 is 9.53 Å². The van der Waals surface area contributed by atoms with E-state index in [2.05, 4.69) is 22.2 Å². The first-order valence-electron chi connectivity index (χ1n) is 10.2. The lowest BCUT2D eigenvalue weighted by atomic mass is 10.00. The number of carbonyl (C=O) groups excluding carboxylic acids is 1. The standard InChI is InChI=1S/C23H26N4O3/c1-16-7-6-12-26(14-16)22-19-10-3-4-11-20(19)23(29)27(25-22)15-21(28)24-17-8-5-9-18(13-17)30-2/h3-5,8-11,13,16H,6-7,12,14-15H2,1-2H3,(H,24,28)/t16-/m1/s1. The molecule has 2 heterocycles. The van der Waals surface area contributed by atoms with Gasteiger partial charge in [-0.25, -0.2) is 4.68 Å². The molecule has 0 aliphatic carbocycles. The highest BCUT2D eigenvalue weighted by atomic mass is 16.5. The van der Waals surface area contributed by atoms with Crippen LogP contribution in [0.4, 0.5) is 11.5 Å². The quantitative estimate of drug-likeness (QED) is 0.704. The van der Waals surface area contributed by atoms with Gasteiger partial charge in [0.25, 0.3) is 5.56 Å². The van der Waals surface area contributed by atoms with E-state index < -0.39 is 0 Å². The van der Waals surface area contributed by atoms with Gasteiger partial charge >= 0.3 is 0 Å². The molecule has 3 aromatic rings. The number of nitrogens with zero attached hydrogens (tertiary/aromatic N) is 3. The number of carbonyl (C=O) groups is 1. The topological polar surface area (TPSA) is 76.5 Å². The molecule has 1 saturated heterocycles. The molecule has 7 nitrogen and oxygen atoms in total. The van der Waals surface area contributed by atoms with Crippen LogP contribution in [0.5, 0.6) is 5.75 Å². The van der Waals surface area contributed by atoms with E-state index in [9.17, 15) is 9.59 Å². The number of methoxy groups -OCH3 is 1. The van der Waals surface area contributed by atoms with Gasteiger partial charge in [-0.3, -0.25) is 9.59 Å². The molecule has 30 heavy (non-hydrogen) atoms. The molecule has 0 spiro atoms. The Balaban J connectivity index is 1.65. The lowest BCUT2D eigenvalue weighted by Gasteiger charge is -2.32. The second kappa shape index (κ2) is 8.57. The van der Waals surface area contributed by atoms with Crippen LogP contribution in [-0.4, -0.2) is 35.9 Å². The number of fused-ring (bicyclic) bond motifs is 1. The third-order valence-electron chi connectivity index (χ3n) is 5.45. The zero-order valence-corrected chi connectivity index (χ0v) is 17.3. The third kappa shape index (κ3) is 4.15. The van der Waals surface area contributed by atoms with E-state index in [-0.39, 0.29) is 18.0 Å². The molecule has 1 amide bonds. The van der Waals surface area contributed by atoms with Crippen molar-refractivity contribution in [3.05, 3.63) is 58.9 Å². The predicted octanol–water partition coefficient (Wildman–Crippen LogP) is 3.28. The summed E-state index contributed by atoms with van der Waals surface area (Å²) in [5, 5.41) is 8.85. The minimum Gasteiger partial charge on any atom is -0.497 e. The van der Waals surface area contributed by atoms with Gasteiger partial charge in [0.15, 0.2) is 5.82 Å². The number of piperidine rings is 1. The first-order chi connectivity index (χ1) is 14.5. The lowest BCUT2D eigenvalue weighted by Crippen LogP contribution is -2.38. The predicted molar refractivity (Wildman–Crippen MR) is 118 cm³/mol. The number of amides is 1. The van der Waals surface area contributed by atoms with Gasteiger partial charge < -0.3 is 15.0 Å². The van der Waals surface area contributed by atoms with Crippen LogP contribution in [0, 0.1) is 5.92 Å². The van der Waals surface area contributed by atoms with Gasteiger partial charge in [-0.2, -0.15) is 5.10 Å². The van der Waals surface area contributed by atoms with Crippen molar-refractivity contribution in [3.8, 4) is 5.75 Å². The van der Waals surface area contributed by atoms with Crippen LogP contribution in [0.1, 0.15) is 19.8 Å². The van der Waals surface area contributed by atoms with Crippen LogP contribution in [-0.2, 0) is 11.3 Å². The van der Waals surface area contributed by atoms with Crippen LogP contribution in [0.15, 0.2) is 53.3 Å². The Kier molecular flexibility index (Phi) is 5.70. The first-order valence-corrected chi connectivity index (χ1v) is 10.2. The molecule has 1 aromatic heterocycles. The highest BCUT2D eigenvalue weighted by Crippen LogP contribution is 2.26. The Labute approximate surface area is 175 Å². The fourth-order valence-corrected chi connectivity index (χ4v) is 3.98. The molecule has 156 valence electrons. The molecule has 1 fully saturated rings. The summed E-state index contributed by atoms with van der Waals surface area (Å²) >= 11 is 0. The van der Waals surface area contributed by atoms with Crippen molar-refractivity contribution in [3.63, 3.8) is 0 Å². The Morgan fingerprint density at radius 2 is 2.00 bits per heavy atom. The van der Waals surface area contributed by atoms with Crippen LogP contribution in [0.3, 0.4) is 0 Å². The van der Waals surface area contributed by atoms with E-state index in [0.29, 0.717) is 22.7 Å². The number of hydrogen-bond donors (Lipinski definition) is 1. The smallest absolute Gasteiger partial charge is 0.275 e. The molecule has 1 N–H and O–H groups in total. The van der Waals surface area contributed by atoms with Gasteiger partial charge in [0, 0.05) is 30.2 Å². The van der Waals surface area contributed by atoms with E-state index in [1.807, 2.05) is 18.2 Å². The van der Waals surface area contributed by atoms with E-state index >= 15 is 0 Å². The molecule has 7 heteroatoms.